The van der Waals surface area contributed by atoms with E-state index < -0.39 is 22.6 Å². The molecule has 0 unspecified atom stereocenters. The van der Waals surface area contributed by atoms with Crippen molar-refractivity contribution in [3.8, 4) is 17.6 Å². The summed E-state index contributed by atoms with van der Waals surface area (Å²) in [5.41, 5.74) is 1.95. The summed E-state index contributed by atoms with van der Waals surface area (Å²) in [5, 5.41) is 7.08. The Morgan fingerprint density at radius 1 is 1.16 bits per heavy atom. The maximum absolute atomic E-state index is 13.4. The van der Waals surface area contributed by atoms with Crippen LogP contribution in [0.25, 0.3) is 10.9 Å². The third-order valence-electron chi connectivity index (χ3n) is 6.27. The number of hydrogen-bond acceptors (Lipinski definition) is 6. The SMILES string of the molecule is COc1cc(S(C)(=O)=O)ncc1NCC#Cc1cc2c(NC3CCCCC3)cccc2n1CC(F)(F)F. The average Bonchev–Trinajstić information content (AvgIpc) is 3.18. The minimum absolute atomic E-state index is 0.0803. The number of pyridine rings is 1. The first-order chi connectivity index (χ1) is 17.5. The molecule has 4 rings (SSSR count). The summed E-state index contributed by atoms with van der Waals surface area (Å²) in [6.07, 6.45) is 3.54. The van der Waals surface area contributed by atoms with Crippen LogP contribution in [0.4, 0.5) is 24.5 Å². The lowest BCUT2D eigenvalue weighted by Crippen LogP contribution is -2.22. The Hall–Kier alpha value is -3.39. The molecule has 0 atom stereocenters. The van der Waals surface area contributed by atoms with E-state index in [4.69, 9.17) is 4.74 Å². The molecule has 7 nitrogen and oxygen atoms in total. The Bertz CT molecular complexity index is 1430. The summed E-state index contributed by atoms with van der Waals surface area (Å²) < 4.78 is 70.2. The normalized spacial score (nSPS) is 14.7. The molecule has 2 heterocycles. The van der Waals surface area contributed by atoms with Gasteiger partial charge in [0.15, 0.2) is 14.9 Å². The Kier molecular flexibility index (Phi) is 7.87. The Morgan fingerprint density at radius 2 is 1.92 bits per heavy atom. The maximum atomic E-state index is 13.4. The van der Waals surface area contributed by atoms with Crippen molar-refractivity contribution in [2.24, 2.45) is 0 Å². The van der Waals surface area contributed by atoms with E-state index in [1.165, 1.54) is 30.4 Å². The molecule has 0 saturated heterocycles. The summed E-state index contributed by atoms with van der Waals surface area (Å²) in [7, 11) is -2.11. The highest BCUT2D eigenvalue weighted by molar-refractivity contribution is 7.90. The van der Waals surface area contributed by atoms with Crippen molar-refractivity contribution < 1.29 is 26.3 Å². The highest BCUT2D eigenvalue weighted by atomic mass is 32.2. The second kappa shape index (κ2) is 10.9. The van der Waals surface area contributed by atoms with E-state index in [0.717, 1.165) is 37.6 Å². The minimum atomic E-state index is -4.41. The number of aromatic nitrogens is 2. The van der Waals surface area contributed by atoms with Crippen LogP contribution >= 0.6 is 0 Å². The Balaban J connectivity index is 1.60. The molecule has 2 aromatic heterocycles. The molecule has 37 heavy (non-hydrogen) atoms. The fraction of sp³-hybridized carbons (Fsp3) is 0.423. The number of anilines is 2. The first kappa shape index (κ1) is 26.7. The van der Waals surface area contributed by atoms with Gasteiger partial charge in [-0.2, -0.15) is 13.2 Å². The van der Waals surface area contributed by atoms with Gasteiger partial charge < -0.3 is 19.9 Å². The fourth-order valence-corrected chi connectivity index (χ4v) is 5.09. The number of nitrogens with zero attached hydrogens (tertiary/aromatic N) is 2. The monoisotopic (exact) mass is 534 g/mol. The van der Waals surface area contributed by atoms with Gasteiger partial charge in [0.1, 0.15) is 12.3 Å². The van der Waals surface area contributed by atoms with Gasteiger partial charge in [0, 0.05) is 29.4 Å². The summed E-state index contributed by atoms with van der Waals surface area (Å²) in [5.74, 6) is 5.99. The number of sulfone groups is 1. The Labute approximate surface area is 214 Å². The standard InChI is InChI=1S/C26H29F3N4O3S/c1-36-24-15-25(37(2,34)35)31-16-22(24)30-13-7-10-19-14-20-21(32-18-8-4-3-5-9-18)11-6-12-23(20)33(19)17-26(27,28)29/h6,11-12,14-16,18,30,32H,3-5,8-9,13,17H2,1-2H3. The van der Waals surface area contributed by atoms with Gasteiger partial charge in [-0.05, 0) is 37.0 Å². The lowest BCUT2D eigenvalue weighted by Gasteiger charge is -2.24. The second-order valence-electron chi connectivity index (χ2n) is 9.10. The van der Waals surface area contributed by atoms with Crippen LogP contribution in [0.5, 0.6) is 5.75 Å². The molecule has 198 valence electrons. The zero-order valence-corrected chi connectivity index (χ0v) is 21.5. The molecule has 2 N–H and O–H groups in total. The van der Waals surface area contributed by atoms with E-state index in [2.05, 4.69) is 27.5 Å². The van der Waals surface area contributed by atoms with Crippen LogP contribution in [-0.4, -0.2) is 50.1 Å². The van der Waals surface area contributed by atoms with Crippen molar-refractivity contribution in [2.75, 3.05) is 30.5 Å². The molecule has 1 aromatic carbocycles. The molecule has 0 amide bonds. The average molecular weight is 535 g/mol. The van der Waals surface area contributed by atoms with Crippen molar-refractivity contribution >= 4 is 32.1 Å². The van der Waals surface area contributed by atoms with E-state index in [-0.39, 0.29) is 23.0 Å². The van der Waals surface area contributed by atoms with Gasteiger partial charge in [0.2, 0.25) is 0 Å². The highest BCUT2D eigenvalue weighted by Gasteiger charge is 2.30. The van der Waals surface area contributed by atoms with Gasteiger partial charge in [0.25, 0.3) is 0 Å². The molecular formula is C26H29F3N4O3S. The van der Waals surface area contributed by atoms with E-state index in [1.807, 2.05) is 6.07 Å². The van der Waals surface area contributed by atoms with Crippen LogP contribution in [0.1, 0.15) is 37.8 Å². The van der Waals surface area contributed by atoms with Crippen LogP contribution in [0.15, 0.2) is 41.6 Å². The first-order valence-corrected chi connectivity index (χ1v) is 13.9. The molecule has 0 bridgehead atoms. The topological polar surface area (TPSA) is 85.2 Å². The molecule has 0 radical (unpaired) electrons. The lowest BCUT2D eigenvalue weighted by atomic mass is 9.95. The van der Waals surface area contributed by atoms with Gasteiger partial charge in [-0.3, -0.25) is 0 Å². The number of rotatable bonds is 7. The van der Waals surface area contributed by atoms with Gasteiger partial charge in [0.05, 0.1) is 36.7 Å². The zero-order chi connectivity index (χ0) is 26.6. The molecule has 1 saturated carbocycles. The smallest absolute Gasteiger partial charge is 0.406 e. The zero-order valence-electron chi connectivity index (χ0n) is 20.7. The van der Waals surface area contributed by atoms with Crippen molar-refractivity contribution in [1.29, 1.82) is 0 Å². The number of halogens is 3. The molecular weight excluding hydrogens is 505 g/mol. The first-order valence-electron chi connectivity index (χ1n) is 12.0. The number of ether oxygens (including phenoxy) is 1. The maximum Gasteiger partial charge on any atom is 0.406 e. The predicted octanol–water partition coefficient (Wildman–Crippen LogP) is 5.22. The van der Waals surface area contributed by atoms with E-state index in [1.54, 1.807) is 18.2 Å². The third kappa shape index (κ3) is 6.68. The van der Waals surface area contributed by atoms with Gasteiger partial charge in [-0.25, -0.2) is 13.4 Å². The minimum Gasteiger partial charge on any atom is -0.494 e. The number of alkyl halides is 3. The molecule has 3 aromatic rings. The fourth-order valence-electron chi connectivity index (χ4n) is 4.53. The summed E-state index contributed by atoms with van der Waals surface area (Å²) in [6.45, 7) is -1.07. The van der Waals surface area contributed by atoms with Crippen LogP contribution in [0.3, 0.4) is 0 Å². The van der Waals surface area contributed by atoms with E-state index in [0.29, 0.717) is 22.6 Å². The molecule has 0 spiro atoms. The van der Waals surface area contributed by atoms with Crippen LogP contribution in [0.2, 0.25) is 0 Å². The quantitative estimate of drug-likeness (QED) is 0.405. The second-order valence-corrected chi connectivity index (χ2v) is 11.1. The molecule has 1 aliphatic carbocycles. The van der Waals surface area contributed by atoms with E-state index >= 15 is 0 Å². The van der Waals surface area contributed by atoms with E-state index in [9.17, 15) is 21.6 Å². The Morgan fingerprint density at radius 3 is 2.59 bits per heavy atom. The molecule has 11 heteroatoms. The lowest BCUT2D eigenvalue weighted by molar-refractivity contribution is -0.140. The van der Waals surface area contributed by atoms with Crippen LogP contribution in [0, 0.1) is 11.8 Å². The third-order valence-corrected chi connectivity index (χ3v) is 7.26. The van der Waals surface area contributed by atoms with Crippen molar-refractivity contribution in [3.05, 3.63) is 42.2 Å². The predicted molar refractivity (Wildman–Crippen MR) is 138 cm³/mol. The van der Waals surface area contributed by atoms with Crippen molar-refractivity contribution in [2.45, 2.75) is 55.9 Å². The van der Waals surface area contributed by atoms with Gasteiger partial charge >= 0.3 is 6.18 Å². The van der Waals surface area contributed by atoms with Gasteiger partial charge in [-0.1, -0.05) is 31.2 Å². The molecule has 1 aliphatic rings. The molecule has 1 fully saturated rings. The van der Waals surface area contributed by atoms with Gasteiger partial charge in [-0.15, -0.1) is 0 Å². The highest BCUT2D eigenvalue weighted by Crippen LogP contribution is 2.32. The largest absolute Gasteiger partial charge is 0.494 e. The number of methoxy groups -OCH3 is 1. The molecule has 0 aliphatic heterocycles. The number of benzene rings is 1. The van der Waals surface area contributed by atoms with Crippen molar-refractivity contribution in [1.82, 2.24) is 9.55 Å². The van der Waals surface area contributed by atoms with Crippen molar-refractivity contribution in [3.63, 3.8) is 0 Å². The summed E-state index contributed by atoms with van der Waals surface area (Å²) >= 11 is 0. The summed E-state index contributed by atoms with van der Waals surface area (Å²) in [4.78, 5) is 3.92. The van der Waals surface area contributed by atoms with Crippen LogP contribution < -0.4 is 15.4 Å². The number of nitrogens with one attached hydrogen (secondary N) is 2. The number of fused-ring (bicyclic) bond motifs is 1. The summed E-state index contributed by atoms with van der Waals surface area (Å²) in [6, 6.07) is 8.64. The van der Waals surface area contributed by atoms with Crippen LogP contribution in [-0.2, 0) is 16.4 Å². The number of hydrogen-bond donors (Lipinski definition) is 2.